The van der Waals surface area contributed by atoms with E-state index in [1.54, 1.807) is 23.9 Å². The molecule has 4 rings (SSSR count). The van der Waals surface area contributed by atoms with E-state index >= 15 is 0 Å². The topological polar surface area (TPSA) is 88.3 Å². The third-order valence-electron chi connectivity index (χ3n) is 5.93. The van der Waals surface area contributed by atoms with Crippen LogP contribution in [0.25, 0.3) is 10.9 Å². The van der Waals surface area contributed by atoms with E-state index in [-0.39, 0.29) is 11.3 Å². The molecule has 0 saturated carbocycles. The zero-order valence-corrected chi connectivity index (χ0v) is 20.5. The highest BCUT2D eigenvalue weighted by molar-refractivity contribution is 8.00. The van der Waals surface area contributed by atoms with Crippen LogP contribution in [0.15, 0.2) is 40.2 Å². The van der Waals surface area contributed by atoms with Gasteiger partial charge in [0.25, 0.3) is 5.56 Å². The van der Waals surface area contributed by atoms with E-state index in [0.717, 1.165) is 47.0 Å². The van der Waals surface area contributed by atoms with Gasteiger partial charge in [-0.3, -0.25) is 9.59 Å². The highest BCUT2D eigenvalue weighted by Gasteiger charge is 2.24. The first-order valence-electron chi connectivity index (χ1n) is 10.9. The average molecular weight is 487 g/mol. The molecular weight excluding hydrogens is 460 g/mol. The summed E-state index contributed by atoms with van der Waals surface area (Å²) in [5.74, 6) is 0.785. The van der Waals surface area contributed by atoms with Crippen LogP contribution < -0.4 is 10.5 Å². The third-order valence-corrected chi connectivity index (χ3v) is 7.24. The van der Waals surface area contributed by atoms with Crippen molar-refractivity contribution in [2.24, 2.45) is 18.9 Å². The van der Waals surface area contributed by atoms with Gasteiger partial charge in [-0.15, -0.1) is 11.8 Å². The second kappa shape index (κ2) is 9.73. The van der Waals surface area contributed by atoms with Crippen LogP contribution in [0.4, 0.5) is 5.95 Å². The third kappa shape index (κ3) is 5.33. The van der Waals surface area contributed by atoms with Gasteiger partial charge in [0, 0.05) is 26.6 Å². The number of carboxylic acids is 1. The molecule has 1 aliphatic heterocycles. The Labute approximate surface area is 201 Å². The van der Waals surface area contributed by atoms with Gasteiger partial charge in [-0.2, -0.15) is 0 Å². The maximum absolute atomic E-state index is 12.6. The van der Waals surface area contributed by atoms with E-state index in [9.17, 15) is 9.59 Å². The summed E-state index contributed by atoms with van der Waals surface area (Å²) >= 11 is 7.49. The maximum atomic E-state index is 12.6. The van der Waals surface area contributed by atoms with E-state index < -0.39 is 5.97 Å². The van der Waals surface area contributed by atoms with Crippen molar-refractivity contribution < 1.29 is 9.90 Å². The minimum atomic E-state index is -0.956. The van der Waals surface area contributed by atoms with Gasteiger partial charge in [0.05, 0.1) is 33.1 Å². The number of thioether (sulfide) groups is 1. The van der Waals surface area contributed by atoms with Crippen molar-refractivity contribution in [2.75, 3.05) is 23.7 Å². The van der Waals surface area contributed by atoms with Gasteiger partial charge in [-0.05, 0) is 47.4 Å². The van der Waals surface area contributed by atoms with E-state index in [0.29, 0.717) is 34.1 Å². The smallest absolute Gasteiger partial charge is 0.313 e. The zero-order valence-electron chi connectivity index (χ0n) is 18.9. The van der Waals surface area contributed by atoms with Crippen molar-refractivity contribution >= 4 is 46.2 Å². The van der Waals surface area contributed by atoms with Gasteiger partial charge in [0.2, 0.25) is 5.95 Å². The highest BCUT2D eigenvalue weighted by Crippen LogP contribution is 2.27. The first kappa shape index (κ1) is 23.6. The maximum Gasteiger partial charge on any atom is 0.313 e. The molecule has 0 spiro atoms. The number of benzene rings is 1. The number of aryl methyl sites for hydroxylation is 1. The fourth-order valence-corrected chi connectivity index (χ4v) is 5.45. The molecule has 0 radical (unpaired) electrons. The second-order valence-corrected chi connectivity index (χ2v) is 10.4. The monoisotopic (exact) mass is 486 g/mol. The Kier molecular flexibility index (Phi) is 6.95. The molecule has 2 atom stereocenters. The Morgan fingerprint density at radius 3 is 2.67 bits per heavy atom. The predicted molar refractivity (Wildman–Crippen MR) is 133 cm³/mol. The highest BCUT2D eigenvalue weighted by atomic mass is 35.5. The molecule has 174 valence electrons. The number of aliphatic carboxylic acids is 1. The number of halogens is 1. The first-order chi connectivity index (χ1) is 15.7. The zero-order chi connectivity index (χ0) is 23.7. The van der Waals surface area contributed by atoms with Crippen molar-refractivity contribution in [1.29, 1.82) is 0 Å². The van der Waals surface area contributed by atoms with Gasteiger partial charge < -0.3 is 14.6 Å². The molecular formula is C24H27ClN4O3S. The Hall–Kier alpha value is -2.58. The van der Waals surface area contributed by atoms with E-state index in [1.165, 1.54) is 6.42 Å². The molecule has 33 heavy (non-hydrogen) atoms. The van der Waals surface area contributed by atoms with Crippen LogP contribution in [0.1, 0.15) is 31.5 Å². The lowest BCUT2D eigenvalue weighted by atomic mass is 9.92. The summed E-state index contributed by atoms with van der Waals surface area (Å²) in [5.41, 5.74) is 2.35. The summed E-state index contributed by atoms with van der Waals surface area (Å²) in [4.78, 5) is 35.4. The normalized spacial score (nSPS) is 18.6. The number of rotatable bonds is 6. The SMILES string of the molecule is C[C@@H]1C[C@H](C)CN(c2ncc(Cl)c(Cc3ccc4c(c3)cc(SCC(=O)O)c(=O)n4C)n2)C1. The molecule has 1 aliphatic rings. The number of piperidine rings is 1. The van der Waals surface area contributed by atoms with Crippen molar-refractivity contribution in [3.8, 4) is 0 Å². The van der Waals surface area contributed by atoms with Gasteiger partial charge in [0.15, 0.2) is 0 Å². The summed E-state index contributed by atoms with van der Waals surface area (Å²) in [6, 6.07) is 7.64. The van der Waals surface area contributed by atoms with Gasteiger partial charge in [0.1, 0.15) is 0 Å². The predicted octanol–water partition coefficient (Wildman–Crippen LogP) is 4.23. The van der Waals surface area contributed by atoms with Crippen LogP contribution in [0.3, 0.4) is 0 Å². The largest absolute Gasteiger partial charge is 0.481 e. The average Bonchev–Trinajstić information content (AvgIpc) is 2.76. The lowest BCUT2D eigenvalue weighted by Gasteiger charge is -2.35. The van der Waals surface area contributed by atoms with Crippen LogP contribution in [-0.4, -0.2) is 44.5 Å². The molecule has 0 amide bonds. The molecule has 9 heteroatoms. The summed E-state index contributed by atoms with van der Waals surface area (Å²) in [6.07, 6.45) is 3.42. The number of hydrogen-bond donors (Lipinski definition) is 1. The molecule has 0 unspecified atom stereocenters. The fourth-order valence-electron chi connectivity index (χ4n) is 4.54. The quantitative estimate of drug-likeness (QED) is 0.521. The van der Waals surface area contributed by atoms with Crippen LogP contribution in [0, 0.1) is 11.8 Å². The number of nitrogens with zero attached hydrogens (tertiary/aromatic N) is 4. The lowest BCUT2D eigenvalue weighted by molar-refractivity contribution is -0.133. The van der Waals surface area contributed by atoms with E-state index in [1.807, 2.05) is 18.2 Å². The minimum Gasteiger partial charge on any atom is -0.481 e. The van der Waals surface area contributed by atoms with Crippen LogP contribution >= 0.6 is 23.4 Å². The first-order valence-corrected chi connectivity index (χ1v) is 12.3. The molecule has 3 aromatic rings. The number of fused-ring (bicyclic) bond motifs is 1. The molecule has 1 fully saturated rings. The van der Waals surface area contributed by atoms with Crippen molar-refractivity contribution in [3.63, 3.8) is 0 Å². The van der Waals surface area contributed by atoms with Gasteiger partial charge in [-0.25, -0.2) is 9.97 Å². The second-order valence-electron chi connectivity index (χ2n) is 8.94. The summed E-state index contributed by atoms with van der Waals surface area (Å²) in [6.45, 7) is 6.38. The van der Waals surface area contributed by atoms with Crippen molar-refractivity contribution in [3.05, 3.63) is 57.1 Å². The Balaban J connectivity index is 1.64. The number of carboxylic acid groups (broad SMARTS) is 1. The Morgan fingerprint density at radius 1 is 1.24 bits per heavy atom. The lowest BCUT2D eigenvalue weighted by Crippen LogP contribution is -2.39. The summed E-state index contributed by atoms with van der Waals surface area (Å²) < 4.78 is 1.55. The summed E-state index contributed by atoms with van der Waals surface area (Å²) in [5, 5.41) is 10.4. The molecule has 0 bridgehead atoms. The van der Waals surface area contributed by atoms with Crippen LogP contribution in [0.2, 0.25) is 5.02 Å². The van der Waals surface area contributed by atoms with E-state index in [2.05, 4.69) is 23.7 Å². The number of aromatic nitrogens is 3. The van der Waals surface area contributed by atoms with Crippen LogP contribution in [-0.2, 0) is 18.3 Å². The Morgan fingerprint density at radius 2 is 1.97 bits per heavy atom. The molecule has 2 aromatic heterocycles. The molecule has 1 N–H and O–H groups in total. The van der Waals surface area contributed by atoms with Gasteiger partial charge in [-0.1, -0.05) is 31.5 Å². The summed E-state index contributed by atoms with van der Waals surface area (Å²) in [7, 11) is 1.70. The van der Waals surface area contributed by atoms with Crippen molar-refractivity contribution in [1.82, 2.24) is 14.5 Å². The standard InChI is InChI=1S/C24H27ClN4O3S/c1-14-6-15(2)12-29(11-14)24-26-10-18(25)19(27-24)8-16-4-5-20-17(7-16)9-21(23(32)28(20)3)33-13-22(30)31/h4-5,7,9-10,14-15H,6,8,11-13H2,1-3H3,(H,30,31)/t14-,15+. The number of hydrogen-bond acceptors (Lipinski definition) is 6. The molecule has 1 aromatic carbocycles. The minimum absolute atomic E-state index is 0.159. The Bertz CT molecular complexity index is 1250. The van der Waals surface area contributed by atoms with Crippen molar-refractivity contribution in [2.45, 2.75) is 31.6 Å². The molecule has 0 aliphatic carbocycles. The fraction of sp³-hybridized carbons (Fsp3) is 0.417. The number of pyridine rings is 1. The molecule has 7 nitrogen and oxygen atoms in total. The molecule has 1 saturated heterocycles. The van der Waals surface area contributed by atoms with E-state index in [4.69, 9.17) is 21.7 Å². The molecule has 3 heterocycles. The number of carbonyl (C=O) groups is 1. The number of anilines is 1. The van der Waals surface area contributed by atoms with Gasteiger partial charge >= 0.3 is 5.97 Å². The van der Waals surface area contributed by atoms with Crippen LogP contribution in [0.5, 0.6) is 0 Å².